The highest BCUT2D eigenvalue weighted by Crippen LogP contribution is 2.27. The first kappa shape index (κ1) is 20.2. The molecular weight excluding hydrogens is 433 g/mol. The maximum Gasteiger partial charge on any atom is 0.253 e. The summed E-state index contributed by atoms with van der Waals surface area (Å²) in [6.07, 6.45) is 0. The van der Waals surface area contributed by atoms with Gasteiger partial charge in [-0.05, 0) is 48.5 Å². The molecule has 0 saturated carbocycles. The molecule has 1 fully saturated rings. The van der Waals surface area contributed by atoms with E-state index in [-0.39, 0.29) is 17.7 Å². The number of imidazole rings is 1. The summed E-state index contributed by atoms with van der Waals surface area (Å²) < 4.78 is 13.3. The third-order valence-corrected chi connectivity index (χ3v) is 5.68. The zero-order valence-electron chi connectivity index (χ0n) is 16.9. The summed E-state index contributed by atoms with van der Waals surface area (Å²) in [5.74, 6) is 0.948. The molecular formula is C22H19ClFN7O. The van der Waals surface area contributed by atoms with Gasteiger partial charge in [-0.15, -0.1) is 0 Å². The van der Waals surface area contributed by atoms with Crippen molar-refractivity contribution in [1.29, 1.82) is 0 Å². The number of H-pyrrole nitrogens is 1. The molecule has 1 aliphatic heterocycles. The molecule has 5 rings (SSSR count). The van der Waals surface area contributed by atoms with E-state index in [0.29, 0.717) is 59.6 Å². The van der Waals surface area contributed by atoms with Crippen LogP contribution in [0.3, 0.4) is 0 Å². The van der Waals surface area contributed by atoms with E-state index < -0.39 is 0 Å². The van der Waals surface area contributed by atoms with Gasteiger partial charge in [-0.3, -0.25) is 4.79 Å². The first-order chi connectivity index (χ1) is 15.5. The molecule has 0 atom stereocenters. The maximum atomic E-state index is 13.3. The van der Waals surface area contributed by atoms with Crippen LogP contribution in [0.5, 0.6) is 0 Å². The number of benzene rings is 2. The number of hydrogen-bond acceptors (Lipinski definition) is 6. The second kappa shape index (κ2) is 8.08. The minimum Gasteiger partial charge on any atom is -0.368 e. The molecule has 0 unspecified atom stereocenters. The fraction of sp³-hybridized carbons (Fsp3) is 0.182. The number of nitrogens with two attached hydrogens (primary N) is 1. The minimum atomic E-state index is -0.319. The van der Waals surface area contributed by atoms with Crippen LogP contribution in [0.25, 0.3) is 22.6 Å². The van der Waals surface area contributed by atoms with Crippen molar-refractivity contribution in [1.82, 2.24) is 24.8 Å². The summed E-state index contributed by atoms with van der Waals surface area (Å²) in [5.41, 5.74) is 8.36. The largest absolute Gasteiger partial charge is 0.368 e. The van der Waals surface area contributed by atoms with Crippen molar-refractivity contribution >= 4 is 40.4 Å². The van der Waals surface area contributed by atoms with Gasteiger partial charge in [0.05, 0.1) is 0 Å². The highest BCUT2D eigenvalue weighted by molar-refractivity contribution is 6.30. The molecule has 2 aromatic heterocycles. The third kappa shape index (κ3) is 3.82. The molecule has 0 spiro atoms. The number of aromatic amines is 1. The van der Waals surface area contributed by atoms with E-state index >= 15 is 0 Å². The Morgan fingerprint density at radius 2 is 1.66 bits per heavy atom. The van der Waals surface area contributed by atoms with Gasteiger partial charge in [-0.1, -0.05) is 11.6 Å². The van der Waals surface area contributed by atoms with Crippen LogP contribution in [0, 0.1) is 5.82 Å². The maximum absolute atomic E-state index is 13.3. The fourth-order valence-corrected chi connectivity index (χ4v) is 3.89. The van der Waals surface area contributed by atoms with Gasteiger partial charge in [0.25, 0.3) is 5.91 Å². The number of aromatic nitrogens is 4. The Kier molecular flexibility index (Phi) is 5.10. The Labute approximate surface area is 187 Å². The standard InChI is InChI=1S/C22H19ClFN7O/c23-15-5-1-14(2-6-15)21(32)31-11-9-30(10-12-31)20-17-19(28-22(25)29-20)27-18(26-17)13-3-7-16(24)8-4-13/h1-8H,9-12H2,(H3,25,26,27,28,29). The van der Waals surface area contributed by atoms with Gasteiger partial charge in [0.15, 0.2) is 11.5 Å². The molecule has 8 nitrogen and oxygen atoms in total. The quantitative estimate of drug-likeness (QED) is 0.495. The van der Waals surface area contributed by atoms with E-state index in [1.807, 2.05) is 0 Å². The van der Waals surface area contributed by atoms with E-state index in [4.69, 9.17) is 17.3 Å². The van der Waals surface area contributed by atoms with Gasteiger partial charge in [-0.2, -0.15) is 9.97 Å². The van der Waals surface area contributed by atoms with E-state index in [1.54, 1.807) is 41.3 Å². The number of anilines is 2. The van der Waals surface area contributed by atoms with Crippen LogP contribution in [-0.4, -0.2) is 56.9 Å². The molecule has 4 aromatic rings. The zero-order chi connectivity index (χ0) is 22.2. The molecule has 1 aliphatic rings. The fourth-order valence-electron chi connectivity index (χ4n) is 3.77. The van der Waals surface area contributed by atoms with E-state index in [1.165, 1.54) is 12.1 Å². The Balaban J connectivity index is 1.38. The number of rotatable bonds is 3. The van der Waals surface area contributed by atoms with Crippen LogP contribution < -0.4 is 10.6 Å². The molecule has 0 radical (unpaired) electrons. The molecule has 3 heterocycles. The zero-order valence-corrected chi connectivity index (χ0v) is 17.7. The topological polar surface area (TPSA) is 104 Å². The Hall–Kier alpha value is -3.72. The molecule has 1 amide bonds. The van der Waals surface area contributed by atoms with Crippen molar-refractivity contribution in [3.63, 3.8) is 0 Å². The van der Waals surface area contributed by atoms with E-state index in [0.717, 1.165) is 5.56 Å². The van der Waals surface area contributed by atoms with Crippen LogP contribution in [0.15, 0.2) is 48.5 Å². The number of hydrogen-bond donors (Lipinski definition) is 2. The molecule has 162 valence electrons. The number of piperazine rings is 1. The second-order valence-corrected chi connectivity index (χ2v) is 7.92. The number of nitrogen functional groups attached to an aromatic ring is 1. The van der Waals surface area contributed by atoms with Crippen molar-refractivity contribution in [3.05, 3.63) is 64.9 Å². The number of carbonyl (C=O) groups excluding carboxylic acids is 1. The molecule has 2 aromatic carbocycles. The highest BCUT2D eigenvalue weighted by Gasteiger charge is 2.25. The first-order valence-corrected chi connectivity index (χ1v) is 10.4. The monoisotopic (exact) mass is 451 g/mol. The number of amides is 1. The van der Waals surface area contributed by atoms with Crippen LogP contribution in [0.2, 0.25) is 5.02 Å². The molecule has 0 bridgehead atoms. The van der Waals surface area contributed by atoms with Crippen LogP contribution >= 0.6 is 11.6 Å². The number of fused-ring (bicyclic) bond motifs is 1. The average Bonchev–Trinajstić information content (AvgIpc) is 3.23. The van der Waals surface area contributed by atoms with Crippen molar-refractivity contribution in [3.8, 4) is 11.4 Å². The number of halogens is 2. The lowest BCUT2D eigenvalue weighted by Crippen LogP contribution is -2.49. The minimum absolute atomic E-state index is 0.0335. The Morgan fingerprint density at radius 1 is 0.969 bits per heavy atom. The van der Waals surface area contributed by atoms with Crippen molar-refractivity contribution < 1.29 is 9.18 Å². The lowest BCUT2D eigenvalue weighted by Gasteiger charge is -2.35. The lowest BCUT2D eigenvalue weighted by molar-refractivity contribution is 0.0746. The van der Waals surface area contributed by atoms with Gasteiger partial charge < -0.3 is 20.5 Å². The highest BCUT2D eigenvalue weighted by atomic mass is 35.5. The SMILES string of the molecule is Nc1nc(N2CCN(C(=O)c3ccc(Cl)cc3)CC2)c2[nH]c(-c3ccc(F)cc3)nc2n1. The number of nitrogens with one attached hydrogen (secondary N) is 1. The van der Waals surface area contributed by atoms with E-state index in [9.17, 15) is 9.18 Å². The van der Waals surface area contributed by atoms with Gasteiger partial charge >= 0.3 is 0 Å². The molecule has 1 saturated heterocycles. The van der Waals surface area contributed by atoms with E-state index in [2.05, 4.69) is 24.8 Å². The summed E-state index contributed by atoms with van der Waals surface area (Å²) in [5, 5.41) is 0.594. The molecule has 0 aliphatic carbocycles. The smallest absolute Gasteiger partial charge is 0.253 e. The first-order valence-electron chi connectivity index (χ1n) is 10.1. The van der Waals surface area contributed by atoms with Gasteiger partial charge in [-0.25, -0.2) is 9.37 Å². The summed E-state index contributed by atoms with van der Waals surface area (Å²) >= 11 is 5.92. The van der Waals surface area contributed by atoms with Crippen LogP contribution in [0.4, 0.5) is 16.2 Å². The van der Waals surface area contributed by atoms with Crippen molar-refractivity contribution in [2.24, 2.45) is 0 Å². The lowest BCUT2D eigenvalue weighted by atomic mass is 10.2. The Morgan fingerprint density at radius 3 is 2.34 bits per heavy atom. The summed E-state index contributed by atoms with van der Waals surface area (Å²) in [4.78, 5) is 33.0. The molecule has 32 heavy (non-hydrogen) atoms. The summed E-state index contributed by atoms with van der Waals surface area (Å²) in [6.45, 7) is 2.23. The van der Waals surface area contributed by atoms with Gasteiger partial charge in [0, 0.05) is 42.3 Å². The average molecular weight is 452 g/mol. The second-order valence-electron chi connectivity index (χ2n) is 7.48. The molecule has 3 N–H and O–H groups in total. The van der Waals surface area contributed by atoms with Crippen LogP contribution in [-0.2, 0) is 0 Å². The predicted molar refractivity (Wildman–Crippen MR) is 121 cm³/mol. The molecule has 10 heteroatoms. The van der Waals surface area contributed by atoms with Crippen molar-refractivity contribution in [2.45, 2.75) is 0 Å². The summed E-state index contributed by atoms with van der Waals surface area (Å²) in [6, 6.07) is 12.9. The van der Waals surface area contributed by atoms with Gasteiger partial charge in [0.2, 0.25) is 5.95 Å². The third-order valence-electron chi connectivity index (χ3n) is 5.42. The normalized spacial score (nSPS) is 14.2. The van der Waals surface area contributed by atoms with Crippen LogP contribution in [0.1, 0.15) is 10.4 Å². The number of carbonyl (C=O) groups is 1. The summed E-state index contributed by atoms with van der Waals surface area (Å²) in [7, 11) is 0. The van der Waals surface area contributed by atoms with Gasteiger partial charge in [0.1, 0.15) is 17.2 Å². The predicted octanol–water partition coefficient (Wildman–Crippen LogP) is 3.36. The Bertz CT molecular complexity index is 1280. The number of nitrogens with zero attached hydrogens (tertiary/aromatic N) is 5. The van der Waals surface area contributed by atoms with Crippen molar-refractivity contribution in [2.75, 3.05) is 36.8 Å².